The number of hydrogen-bond acceptors (Lipinski definition) is 7. The van der Waals surface area contributed by atoms with Gasteiger partial charge in [0.2, 0.25) is 11.9 Å². The van der Waals surface area contributed by atoms with Crippen LogP contribution in [0.25, 0.3) is 0 Å². The third-order valence-electron chi connectivity index (χ3n) is 4.66. The van der Waals surface area contributed by atoms with Crippen LogP contribution in [0.2, 0.25) is 5.02 Å². The second-order valence-electron chi connectivity index (χ2n) is 7.01. The molecule has 31 heavy (non-hydrogen) atoms. The van der Waals surface area contributed by atoms with Crippen molar-refractivity contribution in [3.8, 4) is 5.75 Å². The van der Waals surface area contributed by atoms with Crippen LogP contribution in [0.15, 0.2) is 42.5 Å². The summed E-state index contributed by atoms with van der Waals surface area (Å²) >= 11 is 5.77. The van der Waals surface area contributed by atoms with Crippen LogP contribution in [-0.4, -0.2) is 47.1 Å². The number of nitrogens with zero attached hydrogens (tertiary/aromatic N) is 4. The Hall–Kier alpha value is -3.46. The molecule has 3 aromatic rings. The van der Waals surface area contributed by atoms with Crippen molar-refractivity contribution in [3.63, 3.8) is 0 Å². The van der Waals surface area contributed by atoms with Crippen molar-refractivity contribution >= 4 is 35.1 Å². The smallest absolute Gasteiger partial charge is 0.251 e. The molecule has 0 unspecified atom stereocenters. The van der Waals surface area contributed by atoms with Crippen LogP contribution < -0.4 is 20.3 Å². The summed E-state index contributed by atoms with van der Waals surface area (Å²) in [7, 11) is 1.58. The summed E-state index contributed by atoms with van der Waals surface area (Å²) < 4.78 is 19.6. The third kappa shape index (κ3) is 4.83. The molecule has 0 atom stereocenters. The third-order valence-corrected chi connectivity index (χ3v) is 4.90. The number of halogens is 2. The lowest BCUT2D eigenvalue weighted by Gasteiger charge is -2.39. The number of anilines is 3. The molecule has 2 N–H and O–H groups in total. The van der Waals surface area contributed by atoms with Gasteiger partial charge in [0.1, 0.15) is 11.9 Å². The molecule has 0 aliphatic carbocycles. The van der Waals surface area contributed by atoms with E-state index in [4.69, 9.17) is 16.3 Å². The number of carbonyl (C=O) groups is 1. The van der Waals surface area contributed by atoms with Crippen molar-refractivity contribution in [2.45, 2.75) is 13.0 Å². The van der Waals surface area contributed by atoms with Gasteiger partial charge in [-0.2, -0.15) is 15.0 Å². The van der Waals surface area contributed by atoms with Gasteiger partial charge in [-0.15, -0.1) is 0 Å². The van der Waals surface area contributed by atoms with E-state index in [2.05, 4.69) is 25.6 Å². The molecule has 0 spiro atoms. The summed E-state index contributed by atoms with van der Waals surface area (Å²) in [6.45, 7) is 2.79. The highest BCUT2D eigenvalue weighted by atomic mass is 35.5. The van der Waals surface area contributed by atoms with Crippen molar-refractivity contribution < 1.29 is 13.9 Å². The first-order valence-corrected chi connectivity index (χ1v) is 9.97. The fourth-order valence-corrected chi connectivity index (χ4v) is 3.26. The van der Waals surface area contributed by atoms with Crippen LogP contribution in [-0.2, 0) is 0 Å². The second kappa shape index (κ2) is 8.73. The van der Waals surface area contributed by atoms with Gasteiger partial charge in [-0.3, -0.25) is 4.79 Å². The predicted octanol–water partition coefficient (Wildman–Crippen LogP) is 3.34. The number of carbonyl (C=O) groups excluding carboxylic acids is 1. The van der Waals surface area contributed by atoms with Crippen LogP contribution in [0.4, 0.5) is 22.0 Å². The molecule has 2 heterocycles. The van der Waals surface area contributed by atoms with E-state index in [1.165, 1.54) is 12.1 Å². The van der Waals surface area contributed by atoms with Crippen LogP contribution >= 0.6 is 11.6 Å². The van der Waals surface area contributed by atoms with Crippen molar-refractivity contribution in [1.82, 2.24) is 20.3 Å². The summed E-state index contributed by atoms with van der Waals surface area (Å²) in [5, 5.41) is 6.02. The minimum atomic E-state index is -0.493. The van der Waals surface area contributed by atoms with E-state index in [9.17, 15) is 9.18 Å². The molecule has 1 saturated heterocycles. The number of amides is 1. The lowest BCUT2D eigenvalue weighted by atomic mass is 10.2. The number of hydrogen-bond donors (Lipinski definition) is 2. The average Bonchev–Trinajstić information content (AvgIpc) is 2.70. The minimum absolute atomic E-state index is 0.166. The lowest BCUT2D eigenvalue weighted by Crippen LogP contribution is -2.54. The summed E-state index contributed by atoms with van der Waals surface area (Å²) in [5.74, 6) is 0.896. The Labute approximate surface area is 183 Å². The summed E-state index contributed by atoms with van der Waals surface area (Å²) in [5.41, 5.74) is 1.20. The molecule has 8 nitrogen and oxygen atoms in total. The van der Waals surface area contributed by atoms with Gasteiger partial charge in [-0.05, 0) is 43.3 Å². The minimum Gasteiger partial charge on any atom is -0.484 e. The first-order valence-electron chi connectivity index (χ1n) is 9.60. The van der Waals surface area contributed by atoms with E-state index in [0.29, 0.717) is 47.1 Å². The summed E-state index contributed by atoms with van der Waals surface area (Å²) in [6, 6.07) is 11.4. The molecule has 1 amide bonds. The number of nitrogens with one attached hydrogen (secondary N) is 2. The maximum absolute atomic E-state index is 13.9. The molecule has 2 aromatic carbocycles. The van der Waals surface area contributed by atoms with E-state index >= 15 is 0 Å². The first-order chi connectivity index (χ1) is 14.9. The molecule has 0 saturated carbocycles. The Morgan fingerprint density at radius 3 is 2.74 bits per heavy atom. The van der Waals surface area contributed by atoms with Crippen LogP contribution in [0, 0.1) is 12.7 Å². The number of rotatable bonds is 6. The lowest BCUT2D eigenvalue weighted by molar-refractivity contribution is 0.0963. The monoisotopic (exact) mass is 442 g/mol. The van der Waals surface area contributed by atoms with Crippen LogP contribution in [0.1, 0.15) is 16.2 Å². The van der Waals surface area contributed by atoms with Crippen LogP contribution in [0.5, 0.6) is 5.75 Å². The molecule has 10 heteroatoms. The zero-order chi connectivity index (χ0) is 22.0. The van der Waals surface area contributed by atoms with E-state index in [0.717, 1.165) is 0 Å². The van der Waals surface area contributed by atoms with E-state index in [1.54, 1.807) is 38.2 Å². The van der Waals surface area contributed by atoms with Gasteiger partial charge in [0.25, 0.3) is 5.91 Å². The van der Waals surface area contributed by atoms with E-state index < -0.39 is 5.82 Å². The zero-order valence-corrected chi connectivity index (χ0v) is 17.7. The summed E-state index contributed by atoms with van der Waals surface area (Å²) in [6.07, 6.45) is -0.187. The van der Waals surface area contributed by atoms with Gasteiger partial charge in [0.15, 0.2) is 11.6 Å². The van der Waals surface area contributed by atoms with Crippen LogP contribution in [0.3, 0.4) is 0 Å². The highest BCUT2D eigenvalue weighted by molar-refractivity contribution is 6.30. The highest BCUT2D eigenvalue weighted by Gasteiger charge is 2.31. The molecule has 0 radical (unpaired) electrons. The molecular weight excluding hydrogens is 423 g/mol. The zero-order valence-electron chi connectivity index (χ0n) is 16.9. The maximum Gasteiger partial charge on any atom is 0.251 e. The van der Waals surface area contributed by atoms with Crippen molar-refractivity contribution in [1.29, 1.82) is 0 Å². The fraction of sp³-hybridized carbons (Fsp3) is 0.238. The normalized spacial score (nSPS) is 13.5. The number of benzene rings is 2. The first kappa shape index (κ1) is 20.8. The number of ether oxygens (including phenoxy) is 1. The Morgan fingerprint density at radius 2 is 2.00 bits per heavy atom. The molecular formula is C21H20ClFN6O2. The molecule has 1 aliphatic rings. The number of aromatic nitrogens is 3. The topological polar surface area (TPSA) is 92.3 Å². The molecule has 4 rings (SSSR count). The van der Waals surface area contributed by atoms with Gasteiger partial charge in [0.05, 0.1) is 13.1 Å². The van der Waals surface area contributed by atoms with Gasteiger partial charge >= 0.3 is 0 Å². The van der Waals surface area contributed by atoms with Crippen molar-refractivity contribution in [3.05, 3.63) is 64.7 Å². The molecule has 1 fully saturated rings. The van der Waals surface area contributed by atoms with Crippen molar-refractivity contribution in [2.24, 2.45) is 0 Å². The molecule has 0 bridgehead atoms. The SMILES string of the molecule is CNC(=O)c1cccc(Nc2nc(C)nc(N3CC(Oc4ccc(Cl)cc4F)C3)n2)c1. The Balaban J connectivity index is 1.43. The van der Waals surface area contributed by atoms with Gasteiger partial charge in [-0.1, -0.05) is 17.7 Å². The van der Waals surface area contributed by atoms with E-state index in [1.807, 2.05) is 11.0 Å². The molecule has 1 aliphatic heterocycles. The number of aryl methyl sites for hydroxylation is 1. The maximum atomic E-state index is 13.9. The largest absolute Gasteiger partial charge is 0.484 e. The highest BCUT2D eigenvalue weighted by Crippen LogP contribution is 2.26. The van der Waals surface area contributed by atoms with Gasteiger partial charge < -0.3 is 20.3 Å². The van der Waals surface area contributed by atoms with E-state index in [-0.39, 0.29) is 17.8 Å². The fourth-order valence-electron chi connectivity index (χ4n) is 3.10. The average molecular weight is 443 g/mol. The second-order valence-corrected chi connectivity index (χ2v) is 7.45. The standard InChI is InChI=1S/C21H20ClFN6O2/c1-12-25-20(27-15-5-3-4-13(8-15)19(30)24-2)28-21(26-12)29-10-16(11-29)31-18-7-6-14(22)9-17(18)23/h3-9,16H,10-11H2,1-2H3,(H,24,30)(H,25,26,27,28). The van der Waals surface area contributed by atoms with Gasteiger partial charge in [-0.25, -0.2) is 4.39 Å². The van der Waals surface area contributed by atoms with Gasteiger partial charge in [0, 0.05) is 23.3 Å². The Bertz CT molecular complexity index is 1120. The Morgan fingerprint density at radius 1 is 1.19 bits per heavy atom. The predicted molar refractivity (Wildman–Crippen MR) is 116 cm³/mol. The molecule has 1 aromatic heterocycles. The van der Waals surface area contributed by atoms with Crippen molar-refractivity contribution in [2.75, 3.05) is 30.4 Å². The molecule has 160 valence electrons. The Kier molecular flexibility index (Phi) is 5.85. The quantitative estimate of drug-likeness (QED) is 0.604. The summed E-state index contributed by atoms with van der Waals surface area (Å²) in [4.78, 5) is 26.9.